The fraction of sp³-hybridized carbons (Fsp3) is 0. The van der Waals surface area contributed by atoms with Crippen molar-refractivity contribution in [3.8, 4) is 0 Å². The smallest absolute Gasteiger partial charge is 0.368 e. The third-order valence-electron chi connectivity index (χ3n) is 0. The molecule has 0 aromatic heterocycles. The average Bonchev–Trinajstić information content (AvgIpc) is 1.12. The third-order valence-corrected chi connectivity index (χ3v) is 0. The number of halogens is 5. The maximum Gasteiger partial charge on any atom is 0.668 e. The molecule has 0 aromatic carbocycles. The Hall–Kier alpha value is 1.72. The van der Waals surface area contributed by atoms with Gasteiger partial charge in [0.1, 0.15) is 0 Å². The van der Waals surface area contributed by atoms with Gasteiger partial charge in [0, 0.05) is 0 Å². The van der Waals surface area contributed by atoms with Crippen molar-refractivity contribution < 1.29 is 19.2 Å². The van der Waals surface area contributed by atoms with Crippen LogP contribution in [-0.2, 0) is 0 Å². The molecule has 72 valence electrons. The molecular weight excluding hydrogens is 297 g/mol. The lowest BCUT2D eigenvalue weighted by Crippen LogP contribution is -2.33. The monoisotopic (exact) mass is 300 g/mol. The van der Waals surface area contributed by atoms with Crippen LogP contribution in [0.3, 0.4) is 0 Å². The van der Waals surface area contributed by atoms with Crippen LogP contribution in [0.25, 0.3) is 0 Å². The van der Waals surface area contributed by atoms with Crippen LogP contribution < -0.4 is 0 Å². The van der Waals surface area contributed by atoms with Gasteiger partial charge in [-0.3, -0.25) is 0 Å². The lowest BCUT2D eigenvalue weighted by atomic mass is 15.7. The largest absolute Gasteiger partial charge is 0.668 e. The zero-order chi connectivity index (χ0) is 9.00. The van der Waals surface area contributed by atoms with Crippen LogP contribution in [0.15, 0.2) is 0 Å². The van der Waals surface area contributed by atoms with Crippen LogP contribution in [-0.4, -0.2) is 33.5 Å². The molecule has 11 heteroatoms. The van der Waals surface area contributed by atoms with Gasteiger partial charge in [-0.25, -0.2) is 0 Å². The zero-order valence-electron chi connectivity index (χ0n) is 4.71. The van der Waals surface area contributed by atoms with Gasteiger partial charge in [-0.2, -0.15) is 0 Å². The Bertz CT molecular complexity index is 59.5. The summed E-state index contributed by atoms with van der Waals surface area (Å²) in [6, 6.07) is 0. The first-order valence-electron chi connectivity index (χ1n) is 1.65. The maximum absolute atomic E-state index is 7.33. The van der Waals surface area contributed by atoms with E-state index in [9.17, 15) is 0 Å². The first kappa shape index (κ1) is 18.5. The van der Waals surface area contributed by atoms with Crippen LogP contribution in [0.1, 0.15) is 0 Å². The second kappa shape index (κ2) is 7.16. The number of hydrogen-bond donors (Lipinski definition) is 4. The highest BCUT2D eigenvalue weighted by Crippen LogP contribution is 2.23. The highest BCUT2D eigenvalue weighted by Gasteiger charge is 2.22. The standard InChI is InChI=1S/Cl4Si.ClH.H4O4Si/c1-5(2,3)4;;1-5(2,3)4/h;1H;1-4H. The van der Waals surface area contributed by atoms with Crippen molar-refractivity contribution >= 4 is 71.1 Å². The molecular formula is H5Cl5O4Si2. The summed E-state index contributed by atoms with van der Waals surface area (Å²) < 4.78 is 0. The highest BCUT2D eigenvalue weighted by atomic mass is 36.0. The van der Waals surface area contributed by atoms with E-state index in [1.54, 1.807) is 0 Å². The minimum absolute atomic E-state index is 0. The molecule has 0 radical (unpaired) electrons. The van der Waals surface area contributed by atoms with Crippen LogP contribution in [0.2, 0.25) is 0 Å². The summed E-state index contributed by atoms with van der Waals surface area (Å²) in [7, 11) is -4.61. The van der Waals surface area contributed by atoms with Crippen LogP contribution in [0, 0.1) is 0 Å². The number of hydrogen-bond acceptors (Lipinski definition) is 4. The lowest BCUT2D eigenvalue weighted by Gasteiger charge is -1.91. The van der Waals surface area contributed by atoms with E-state index in [4.69, 9.17) is 63.5 Å². The van der Waals surface area contributed by atoms with Crippen LogP contribution >= 0.6 is 56.7 Å². The van der Waals surface area contributed by atoms with Crippen molar-refractivity contribution in [2.24, 2.45) is 0 Å². The fourth-order valence-corrected chi connectivity index (χ4v) is 0. The van der Waals surface area contributed by atoms with Crippen molar-refractivity contribution in [1.29, 1.82) is 0 Å². The van der Waals surface area contributed by atoms with E-state index in [1.807, 2.05) is 0 Å². The summed E-state index contributed by atoms with van der Waals surface area (Å²) in [5.74, 6) is 0. The van der Waals surface area contributed by atoms with Gasteiger partial charge in [0.05, 0.1) is 0 Å². The Morgan fingerprint density at radius 3 is 0.727 bits per heavy atom. The van der Waals surface area contributed by atoms with Crippen molar-refractivity contribution in [2.75, 3.05) is 0 Å². The summed E-state index contributed by atoms with van der Waals surface area (Å²) in [5, 5.41) is -2.72. The second-order valence-corrected chi connectivity index (χ2v) is 13.4. The van der Waals surface area contributed by atoms with Gasteiger partial charge >= 0.3 is 14.4 Å². The van der Waals surface area contributed by atoms with Crippen LogP contribution in [0.5, 0.6) is 0 Å². The Morgan fingerprint density at radius 1 is 0.727 bits per heavy atom. The van der Waals surface area contributed by atoms with E-state index in [-0.39, 0.29) is 12.4 Å². The highest BCUT2D eigenvalue weighted by molar-refractivity contribution is 7.81. The Labute approximate surface area is 90.0 Å². The van der Waals surface area contributed by atoms with Crippen molar-refractivity contribution in [2.45, 2.75) is 0 Å². The van der Waals surface area contributed by atoms with Gasteiger partial charge in [0.25, 0.3) is 0 Å². The fourth-order valence-electron chi connectivity index (χ4n) is 0. The third kappa shape index (κ3) is 373. The molecule has 0 rings (SSSR count). The zero-order valence-corrected chi connectivity index (χ0v) is 10.5. The molecule has 0 fully saturated rings. The van der Waals surface area contributed by atoms with E-state index >= 15 is 0 Å². The first-order chi connectivity index (χ1) is 4.00. The molecule has 0 atom stereocenters. The molecule has 0 unspecified atom stereocenters. The quantitative estimate of drug-likeness (QED) is 0.380. The van der Waals surface area contributed by atoms with Crippen molar-refractivity contribution in [3.05, 3.63) is 0 Å². The predicted molar refractivity (Wildman–Crippen MR) is 51.0 cm³/mol. The molecule has 11 heavy (non-hydrogen) atoms. The van der Waals surface area contributed by atoms with Crippen molar-refractivity contribution in [1.82, 2.24) is 0 Å². The Morgan fingerprint density at radius 2 is 0.727 bits per heavy atom. The van der Waals surface area contributed by atoms with E-state index < -0.39 is 14.4 Å². The molecule has 4 nitrogen and oxygen atoms in total. The summed E-state index contributed by atoms with van der Waals surface area (Å²) in [5.41, 5.74) is 0. The molecule has 0 aliphatic rings. The van der Waals surface area contributed by atoms with Gasteiger partial charge in [-0.1, -0.05) is 0 Å². The van der Waals surface area contributed by atoms with Gasteiger partial charge in [0.15, 0.2) is 0 Å². The minimum atomic E-state index is -4.61. The van der Waals surface area contributed by atoms with Crippen molar-refractivity contribution in [3.63, 3.8) is 0 Å². The predicted octanol–water partition coefficient (Wildman–Crippen LogP) is 0.190. The molecule has 0 amide bonds. The summed E-state index contributed by atoms with van der Waals surface area (Å²) in [4.78, 5) is 29.3. The van der Waals surface area contributed by atoms with E-state index in [0.717, 1.165) is 0 Å². The minimum Gasteiger partial charge on any atom is -0.368 e. The molecule has 0 saturated heterocycles. The molecule has 0 aromatic rings. The normalized spacial score (nSPS) is 10.9. The molecule has 0 heterocycles. The van der Waals surface area contributed by atoms with Gasteiger partial charge < -0.3 is 19.2 Å². The molecule has 0 aliphatic carbocycles. The molecule has 0 bridgehead atoms. The average molecular weight is 302 g/mol. The first-order valence-corrected chi connectivity index (χ1v) is 9.49. The second-order valence-electron chi connectivity index (χ2n) is 1.03. The van der Waals surface area contributed by atoms with E-state index in [1.165, 1.54) is 0 Å². The lowest BCUT2D eigenvalue weighted by molar-refractivity contribution is 0.117. The number of rotatable bonds is 0. The van der Waals surface area contributed by atoms with Crippen LogP contribution in [0.4, 0.5) is 0 Å². The SMILES string of the molecule is Cl.Cl[Si](Cl)(Cl)Cl.O[Si](O)(O)O. The topological polar surface area (TPSA) is 80.9 Å². The van der Waals surface area contributed by atoms with Gasteiger partial charge in [-0.05, 0) is 0 Å². The van der Waals surface area contributed by atoms with E-state index in [2.05, 4.69) is 0 Å². The van der Waals surface area contributed by atoms with Gasteiger partial charge in [-0.15, -0.1) is 56.7 Å². The molecule has 0 aliphatic heterocycles. The summed E-state index contributed by atoms with van der Waals surface area (Å²) in [6.45, 7) is 0. The maximum atomic E-state index is 7.33. The molecule has 4 N–H and O–H groups in total. The van der Waals surface area contributed by atoms with E-state index in [0.29, 0.717) is 0 Å². The molecule has 0 spiro atoms. The summed E-state index contributed by atoms with van der Waals surface area (Å²) >= 11 is 19.9. The Kier molecular flexibility index (Phi) is 12.0. The Balaban J connectivity index is -0.000000107. The molecule has 0 saturated carbocycles. The summed E-state index contributed by atoms with van der Waals surface area (Å²) in [6.07, 6.45) is 0. The van der Waals surface area contributed by atoms with Gasteiger partial charge in [0.2, 0.25) is 0 Å².